The van der Waals surface area contributed by atoms with Crippen LogP contribution in [0.15, 0.2) is 53.5 Å². The number of anilines is 1. The zero-order valence-electron chi connectivity index (χ0n) is 18.2. The Balaban J connectivity index is 1.79. The minimum Gasteiger partial charge on any atom is -0.495 e. The molecule has 1 aliphatic rings. The third kappa shape index (κ3) is 5.47. The van der Waals surface area contributed by atoms with E-state index in [1.807, 2.05) is 13.0 Å². The van der Waals surface area contributed by atoms with Gasteiger partial charge in [-0.05, 0) is 50.2 Å². The van der Waals surface area contributed by atoms with E-state index < -0.39 is 11.2 Å². The van der Waals surface area contributed by atoms with E-state index in [9.17, 15) is 14.4 Å². The normalized spacial score (nSPS) is 17.2. The zero-order valence-corrected chi connectivity index (χ0v) is 19.0. The molecule has 3 rings (SSSR count). The Morgan fingerprint density at radius 2 is 1.88 bits per heavy atom. The van der Waals surface area contributed by atoms with Crippen molar-refractivity contribution in [3.63, 3.8) is 0 Å². The van der Waals surface area contributed by atoms with Gasteiger partial charge in [0.25, 0.3) is 0 Å². The Morgan fingerprint density at radius 1 is 1.16 bits per heavy atom. The Morgan fingerprint density at radius 3 is 2.53 bits per heavy atom. The van der Waals surface area contributed by atoms with Crippen LogP contribution < -0.4 is 10.1 Å². The lowest BCUT2D eigenvalue weighted by molar-refractivity contribution is -0.129. The number of benzene rings is 2. The molecule has 32 heavy (non-hydrogen) atoms. The largest absolute Gasteiger partial charge is 0.495 e. The number of ether oxygens (including phenoxy) is 2. The molecular formula is C23H25N3O5S. The minimum absolute atomic E-state index is 0.0697. The topological polar surface area (TPSA) is 97.3 Å². The average Bonchev–Trinajstić information content (AvgIpc) is 2.80. The fourth-order valence-corrected chi connectivity index (χ4v) is 4.27. The van der Waals surface area contributed by atoms with Crippen LogP contribution in [-0.4, -0.2) is 53.4 Å². The molecule has 0 saturated carbocycles. The summed E-state index contributed by atoms with van der Waals surface area (Å²) in [6.45, 7) is 4.33. The Bertz CT molecular complexity index is 1020. The van der Waals surface area contributed by atoms with Gasteiger partial charge in [-0.1, -0.05) is 23.9 Å². The van der Waals surface area contributed by atoms with Crippen LogP contribution in [0.2, 0.25) is 0 Å². The van der Waals surface area contributed by atoms with Crippen LogP contribution in [0.25, 0.3) is 0 Å². The van der Waals surface area contributed by atoms with Gasteiger partial charge in [-0.3, -0.25) is 14.5 Å². The number of rotatable bonds is 7. The number of esters is 1. The van der Waals surface area contributed by atoms with Crippen LogP contribution in [0.3, 0.4) is 0 Å². The van der Waals surface area contributed by atoms with Crippen molar-refractivity contribution in [3.05, 3.63) is 54.1 Å². The molecule has 1 N–H and O–H groups in total. The number of nitrogens with one attached hydrogen (secondary N) is 1. The molecule has 1 fully saturated rings. The predicted octanol–water partition coefficient (Wildman–Crippen LogP) is 3.85. The summed E-state index contributed by atoms with van der Waals surface area (Å²) in [6.07, 6.45) is 0.0697. The van der Waals surface area contributed by atoms with Crippen molar-refractivity contribution in [2.75, 3.05) is 25.6 Å². The Labute approximate surface area is 191 Å². The summed E-state index contributed by atoms with van der Waals surface area (Å²) in [5, 5.41) is 2.65. The van der Waals surface area contributed by atoms with Crippen molar-refractivity contribution in [2.24, 2.45) is 4.99 Å². The summed E-state index contributed by atoms with van der Waals surface area (Å²) >= 11 is 1.23. The van der Waals surface area contributed by atoms with E-state index in [1.54, 1.807) is 54.3 Å². The number of nitrogens with zero attached hydrogens (tertiary/aromatic N) is 2. The first-order chi connectivity index (χ1) is 15.5. The highest BCUT2D eigenvalue weighted by Gasteiger charge is 2.35. The summed E-state index contributed by atoms with van der Waals surface area (Å²) < 4.78 is 10.3. The van der Waals surface area contributed by atoms with E-state index in [2.05, 4.69) is 10.3 Å². The van der Waals surface area contributed by atoms with Gasteiger partial charge in [0.15, 0.2) is 5.17 Å². The number of thioether (sulfide) groups is 1. The molecule has 0 bridgehead atoms. The second kappa shape index (κ2) is 10.8. The smallest absolute Gasteiger partial charge is 0.338 e. The molecular weight excluding hydrogens is 430 g/mol. The number of carbonyl (C=O) groups is 3. The fourth-order valence-electron chi connectivity index (χ4n) is 3.11. The maximum Gasteiger partial charge on any atom is 0.338 e. The number of carbonyl (C=O) groups excluding carboxylic acids is 3. The lowest BCUT2D eigenvalue weighted by Crippen LogP contribution is -2.45. The Kier molecular flexibility index (Phi) is 7.88. The molecule has 9 heteroatoms. The molecule has 168 valence electrons. The number of hydrogen-bond donors (Lipinski definition) is 1. The number of para-hydroxylation sites is 2. The monoisotopic (exact) mass is 455 g/mol. The van der Waals surface area contributed by atoms with Gasteiger partial charge in [-0.25, -0.2) is 9.79 Å². The SMILES string of the molecule is CCOC(=O)c1ccc(N=C2SC(C(=O)Nc3ccccc3OC)CC(=O)N2CC)cc1. The van der Waals surface area contributed by atoms with Crippen LogP contribution in [0, 0.1) is 0 Å². The van der Waals surface area contributed by atoms with Crippen molar-refractivity contribution in [1.82, 2.24) is 4.90 Å². The van der Waals surface area contributed by atoms with Crippen molar-refractivity contribution in [2.45, 2.75) is 25.5 Å². The average molecular weight is 456 g/mol. The third-order valence-corrected chi connectivity index (χ3v) is 5.90. The predicted molar refractivity (Wildman–Crippen MR) is 125 cm³/mol. The maximum atomic E-state index is 12.9. The summed E-state index contributed by atoms with van der Waals surface area (Å²) in [7, 11) is 1.53. The third-order valence-electron chi connectivity index (χ3n) is 4.72. The number of methoxy groups -OCH3 is 1. The van der Waals surface area contributed by atoms with E-state index in [1.165, 1.54) is 18.9 Å². The van der Waals surface area contributed by atoms with Gasteiger partial charge in [0.2, 0.25) is 11.8 Å². The van der Waals surface area contributed by atoms with Gasteiger partial charge in [-0.15, -0.1) is 0 Å². The van der Waals surface area contributed by atoms with E-state index in [4.69, 9.17) is 9.47 Å². The van der Waals surface area contributed by atoms with Crippen LogP contribution in [-0.2, 0) is 14.3 Å². The number of amides is 2. The van der Waals surface area contributed by atoms with Gasteiger partial charge in [0.05, 0.1) is 30.7 Å². The van der Waals surface area contributed by atoms with Crippen LogP contribution in [0.4, 0.5) is 11.4 Å². The van der Waals surface area contributed by atoms with Gasteiger partial charge in [0.1, 0.15) is 11.0 Å². The molecule has 1 saturated heterocycles. The molecule has 2 aromatic carbocycles. The van der Waals surface area contributed by atoms with E-state index in [0.29, 0.717) is 41.0 Å². The van der Waals surface area contributed by atoms with E-state index in [0.717, 1.165) is 0 Å². The molecule has 1 atom stereocenters. The highest BCUT2D eigenvalue weighted by Crippen LogP contribution is 2.31. The molecule has 1 heterocycles. The first-order valence-electron chi connectivity index (χ1n) is 10.2. The number of aliphatic imine (C=N–C) groups is 1. The lowest BCUT2D eigenvalue weighted by Gasteiger charge is -2.31. The first-order valence-corrected chi connectivity index (χ1v) is 11.1. The molecule has 0 aromatic heterocycles. The summed E-state index contributed by atoms with van der Waals surface area (Å²) in [6, 6.07) is 13.7. The van der Waals surface area contributed by atoms with Gasteiger partial charge in [0, 0.05) is 13.0 Å². The van der Waals surface area contributed by atoms with Gasteiger partial charge in [-0.2, -0.15) is 0 Å². The molecule has 1 unspecified atom stereocenters. The standard InChI is InChI=1S/C23H25N3O5S/c1-4-26-20(27)14-19(21(28)25-17-8-6-7-9-18(17)30-3)32-23(26)24-16-12-10-15(11-13-16)22(29)31-5-2/h6-13,19H,4-5,14H2,1-3H3,(H,25,28). The first kappa shape index (κ1) is 23.3. The van der Waals surface area contributed by atoms with E-state index >= 15 is 0 Å². The van der Waals surface area contributed by atoms with Crippen LogP contribution >= 0.6 is 11.8 Å². The van der Waals surface area contributed by atoms with Crippen molar-refractivity contribution in [3.8, 4) is 5.75 Å². The van der Waals surface area contributed by atoms with Crippen molar-refractivity contribution in [1.29, 1.82) is 0 Å². The Hall–Kier alpha value is -3.33. The number of hydrogen-bond acceptors (Lipinski definition) is 7. The summed E-state index contributed by atoms with van der Waals surface area (Å²) in [5.74, 6) is -0.335. The molecule has 8 nitrogen and oxygen atoms in total. The molecule has 1 aliphatic heterocycles. The van der Waals surface area contributed by atoms with Gasteiger partial charge >= 0.3 is 5.97 Å². The summed E-state index contributed by atoms with van der Waals surface area (Å²) in [4.78, 5) is 43.5. The molecule has 0 spiro atoms. The minimum atomic E-state index is -0.632. The molecule has 2 amide bonds. The fraction of sp³-hybridized carbons (Fsp3) is 0.304. The van der Waals surface area contributed by atoms with Crippen LogP contribution in [0.5, 0.6) is 5.75 Å². The lowest BCUT2D eigenvalue weighted by atomic mass is 10.2. The summed E-state index contributed by atoms with van der Waals surface area (Å²) in [5.41, 5.74) is 1.53. The van der Waals surface area contributed by atoms with Gasteiger partial charge < -0.3 is 14.8 Å². The van der Waals surface area contributed by atoms with Crippen molar-refractivity contribution >= 4 is 46.1 Å². The highest BCUT2D eigenvalue weighted by atomic mass is 32.2. The van der Waals surface area contributed by atoms with E-state index in [-0.39, 0.29) is 18.2 Å². The molecule has 0 radical (unpaired) electrons. The quantitative estimate of drug-likeness (QED) is 0.637. The zero-order chi connectivity index (χ0) is 23.1. The maximum absolute atomic E-state index is 12.9. The molecule has 2 aromatic rings. The second-order valence-electron chi connectivity index (χ2n) is 6.80. The number of amidine groups is 1. The van der Waals surface area contributed by atoms with Crippen molar-refractivity contribution < 1.29 is 23.9 Å². The second-order valence-corrected chi connectivity index (χ2v) is 7.97. The molecule has 0 aliphatic carbocycles. The highest BCUT2D eigenvalue weighted by molar-refractivity contribution is 8.15. The van der Waals surface area contributed by atoms with Crippen LogP contribution in [0.1, 0.15) is 30.6 Å².